The molecular weight excluding hydrogens is 214 g/mol. The van der Waals surface area contributed by atoms with Gasteiger partial charge in [-0.25, -0.2) is 9.89 Å². The molecule has 0 aliphatic rings. The van der Waals surface area contributed by atoms with Crippen molar-refractivity contribution in [1.29, 1.82) is 0 Å². The van der Waals surface area contributed by atoms with Crippen molar-refractivity contribution in [2.75, 3.05) is 5.75 Å². The van der Waals surface area contributed by atoms with Gasteiger partial charge in [-0.3, -0.25) is 4.57 Å². The van der Waals surface area contributed by atoms with Crippen molar-refractivity contribution in [2.24, 2.45) is 0 Å². The molecule has 0 spiro atoms. The van der Waals surface area contributed by atoms with Gasteiger partial charge >= 0.3 is 5.69 Å². The van der Waals surface area contributed by atoms with Crippen LogP contribution in [0.15, 0.2) is 9.95 Å². The Kier molecular flexibility index (Phi) is 4.90. The molecule has 1 heterocycles. The second-order valence-electron chi connectivity index (χ2n) is 3.45. The van der Waals surface area contributed by atoms with Crippen LogP contribution in [0, 0.1) is 0 Å². The van der Waals surface area contributed by atoms with Gasteiger partial charge in [-0.15, -0.1) is 5.10 Å². The van der Waals surface area contributed by atoms with E-state index in [2.05, 4.69) is 10.2 Å². The van der Waals surface area contributed by atoms with Crippen LogP contribution in [-0.2, 0) is 6.54 Å². The van der Waals surface area contributed by atoms with E-state index in [9.17, 15) is 4.79 Å². The van der Waals surface area contributed by atoms with Crippen LogP contribution in [0.25, 0.3) is 0 Å². The molecule has 1 aromatic heterocycles. The number of hydrogen-bond donors (Lipinski definition) is 2. The molecule has 0 saturated heterocycles. The summed E-state index contributed by atoms with van der Waals surface area (Å²) in [6, 6.07) is 0. The van der Waals surface area contributed by atoms with E-state index in [1.54, 1.807) is 11.5 Å². The second-order valence-corrected chi connectivity index (χ2v) is 4.51. The summed E-state index contributed by atoms with van der Waals surface area (Å²) < 4.78 is 1.63. The van der Waals surface area contributed by atoms with E-state index < -0.39 is 0 Å². The molecule has 0 aliphatic heterocycles. The van der Waals surface area contributed by atoms with Gasteiger partial charge in [0.1, 0.15) is 0 Å². The topological polar surface area (TPSA) is 70.9 Å². The average Bonchev–Trinajstić information content (AvgIpc) is 2.50. The third-order valence-corrected chi connectivity index (χ3v) is 2.95. The van der Waals surface area contributed by atoms with Gasteiger partial charge in [-0.2, -0.15) is 0 Å². The summed E-state index contributed by atoms with van der Waals surface area (Å²) in [6.07, 6.45) is 1.31. The summed E-state index contributed by atoms with van der Waals surface area (Å²) in [7, 11) is 0. The summed E-state index contributed by atoms with van der Waals surface area (Å²) in [4.78, 5) is 11.3. The Morgan fingerprint density at radius 3 is 3.00 bits per heavy atom. The van der Waals surface area contributed by atoms with Crippen LogP contribution in [0.2, 0.25) is 0 Å². The molecule has 0 bridgehead atoms. The van der Waals surface area contributed by atoms with E-state index >= 15 is 0 Å². The Morgan fingerprint density at radius 1 is 1.67 bits per heavy atom. The summed E-state index contributed by atoms with van der Waals surface area (Å²) >= 11 is 1.50. The van der Waals surface area contributed by atoms with Gasteiger partial charge in [0.05, 0.1) is 6.10 Å². The van der Waals surface area contributed by atoms with Gasteiger partial charge < -0.3 is 5.11 Å². The van der Waals surface area contributed by atoms with E-state index in [1.165, 1.54) is 11.8 Å². The maximum Gasteiger partial charge on any atom is 0.343 e. The van der Waals surface area contributed by atoms with Crippen molar-refractivity contribution >= 4 is 11.8 Å². The number of hydrogen-bond acceptors (Lipinski definition) is 4. The molecule has 86 valence electrons. The third-order valence-electron chi connectivity index (χ3n) is 1.94. The number of nitrogens with zero attached hydrogens (tertiary/aromatic N) is 2. The van der Waals surface area contributed by atoms with Crippen LogP contribution < -0.4 is 5.69 Å². The molecule has 0 radical (unpaired) electrons. The highest BCUT2D eigenvalue weighted by atomic mass is 32.2. The monoisotopic (exact) mass is 231 g/mol. The minimum atomic E-state index is -0.303. The predicted octanol–water partition coefficient (Wildman–Crippen LogP) is 0.844. The maximum atomic E-state index is 11.3. The fourth-order valence-electron chi connectivity index (χ4n) is 1.15. The van der Waals surface area contributed by atoms with E-state index in [-0.39, 0.29) is 11.8 Å². The lowest BCUT2D eigenvalue weighted by Crippen LogP contribution is -2.17. The number of aliphatic hydroxyl groups excluding tert-OH is 1. The van der Waals surface area contributed by atoms with Gasteiger partial charge in [0.25, 0.3) is 0 Å². The van der Waals surface area contributed by atoms with Gasteiger partial charge in [-0.05, 0) is 19.8 Å². The lowest BCUT2D eigenvalue weighted by Gasteiger charge is -2.04. The fraction of sp³-hybridized carbons (Fsp3) is 0.778. The summed E-state index contributed by atoms with van der Waals surface area (Å²) in [5.74, 6) is 0.770. The number of thioether (sulfide) groups is 1. The summed E-state index contributed by atoms with van der Waals surface area (Å²) in [5.41, 5.74) is -0.156. The van der Waals surface area contributed by atoms with E-state index in [1.807, 2.05) is 6.92 Å². The maximum absolute atomic E-state index is 11.3. The molecule has 15 heavy (non-hydrogen) atoms. The van der Waals surface area contributed by atoms with Crippen LogP contribution in [0.1, 0.15) is 26.7 Å². The van der Waals surface area contributed by atoms with Crippen LogP contribution in [0.5, 0.6) is 0 Å². The van der Waals surface area contributed by atoms with Crippen molar-refractivity contribution in [3.63, 3.8) is 0 Å². The third kappa shape index (κ3) is 3.71. The van der Waals surface area contributed by atoms with Crippen molar-refractivity contribution < 1.29 is 5.11 Å². The minimum Gasteiger partial charge on any atom is -0.393 e. The predicted molar refractivity (Wildman–Crippen MR) is 60.2 cm³/mol. The molecule has 0 aromatic carbocycles. The first-order chi connectivity index (χ1) is 7.15. The molecule has 1 unspecified atom stereocenters. The largest absolute Gasteiger partial charge is 0.393 e. The number of aromatic nitrogens is 3. The highest BCUT2D eigenvalue weighted by molar-refractivity contribution is 7.99. The molecule has 0 aliphatic carbocycles. The quantitative estimate of drug-likeness (QED) is 0.712. The number of aliphatic hydroxyl groups is 1. The molecule has 0 fully saturated rings. The highest BCUT2D eigenvalue weighted by Crippen LogP contribution is 2.15. The zero-order valence-electron chi connectivity index (χ0n) is 9.06. The first-order valence-corrected chi connectivity index (χ1v) is 6.09. The van der Waals surface area contributed by atoms with Crippen molar-refractivity contribution in [3.05, 3.63) is 10.5 Å². The second kappa shape index (κ2) is 5.97. The standard InChI is InChI=1S/C9H17N3O2S/c1-3-5-12-8(14)10-11-9(12)15-6-4-7(2)13/h7,13H,3-6H2,1-2H3,(H,10,14). The first kappa shape index (κ1) is 12.3. The van der Waals surface area contributed by atoms with Crippen LogP contribution in [0.4, 0.5) is 0 Å². The lowest BCUT2D eigenvalue weighted by molar-refractivity contribution is 0.192. The average molecular weight is 231 g/mol. The van der Waals surface area contributed by atoms with Crippen LogP contribution >= 0.6 is 11.8 Å². The van der Waals surface area contributed by atoms with Gasteiger partial charge in [0.15, 0.2) is 5.16 Å². The highest BCUT2D eigenvalue weighted by Gasteiger charge is 2.07. The summed E-state index contributed by atoms with van der Waals surface area (Å²) in [6.45, 7) is 4.46. The molecule has 1 atom stereocenters. The Morgan fingerprint density at radius 2 is 2.40 bits per heavy atom. The molecule has 6 heteroatoms. The number of rotatable bonds is 6. The normalized spacial score (nSPS) is 13.0. The van der Waals surface area contributed by atoms with E-state index in [4.69, 9.17) is 5.11 Å². The number of nitrogens with one attached hydrogen (secondary N) is 1. The Labute approximate surface area is 92.9 Å². The van der Waals surface area contributed by atoms with Gasteiger partial charge in [0.2, 0.25) is 0 Å². The van der Waals surface area contributed by atoms with Crippen molar-refractivity contribution in [3.8, 4) is 0 Å². The molecule has 1 rings (SSSR count). The molecule has 2 N–H and O–H groups in total. The SMILES string of the molecule is CCCn1c(SCCC(C)O)n[nH]c1=O. The minimum absolute atomic E-state index is 0.156. The smallest absolute Gasteiger partial charge is 0.343 e. The van der Waals surface area contributed by atoms with Crippen LogP contribution in [0.3, 0.4) is 0 Å². The zero-order valence-corrected chi connectivity index (χ0v) is 9.88. The number of H-pyrrole nitrogens is 1. The van der Waals surface area contributed by atoms with Crippen molar-refractivity contribution in [1.82, 2.24) is 14.8 Å². The Bertz CT molecular complexity index is 345. The zero-order chi connectivity index (χ0) is 11.3. The molecule has 1 aromatic rings. The van der Waals surface area contributed by atoms with Gasteiger partial charge in [-0.1, -0.05) is 18.7 Å². The van der Waals surface area contributed by atoms with Gasteiger partial charge in [0, 0.05) is 12.3 Å². The number of aromatic amines is 1. The summed E-state index contributed by atoms with van der Waals surface area (Å²) in [5, 5.41) is 16.2. The molecule has 0 amide bonds. The molecule has 5 nitrogen and oxygen atoms in total. The van der Waals surface area contributed by atoms with E-state index in [0.29, 0.717) is 18.1 Å². The van der Waals surface area contributed by atoms with Crippen molar-refractivity contribution in [2.45, 2.75) is 44.5 Å². The molecular formula is C9H17N3O2S. The lowest BCUT2D eigenvalue weighted by atomic mass is 10.3. The molecule has 0 saturated carbocycles. The first-order valence-electron chi connectivity index (χ1n) is 5.11. The fourth-order valence-corrected chi connectivity index (χ4v) is 2.24. The van der Waals surface area contributed by atoms with E-state index in [0.717, 1.165) is 12.2 Å². The Balaban J connectivity index is 2.56. The Hall–Kier alpha value is -0.750. The van der Waals surface area contributed by atoms with Crippen LogP contribution in [-0.4, -0.2) is 31.7 Å².